The van der Waals surface area contributed by atoms with Gasteiger partial charge < -0.3 is 10.7 Å². The number of hydrogen-bond donors (Lipinski definition) is 2. The van der Waals surface area contributed by atoms with Crippen molar-refractivity contribution in [2.24, 2.45) is 23.5 Å². The highest BCUT2D eigenvalue weighted by Gasteiger charge is 2.52. The van der Waals surface area contributed by atoms with Gasteiger partial charge >= 0.3 is 0 Å². The van der Waals surface area contributed by atoms with Gasteiger partial charge in [0.05, 0.1) is 0 Å². The van der Waals surface area contributed by atoms with Crippen molar-refractivity contribution in [3.05, 3.63) is 17.7 Å². The van der Waals surface area contributed by atoms with E-state index in [-0.39, 0.29) is 0 Å². The third-order valence-corrected chi connectivity index (χ3v) is 6.51. The predicted octanol–water partition coefficient (Wildman–Crippen LogP) is 3.72. The molecule has 116 valence electrons. The Hall–Kier alpha value is -0.830. The molecule has 1 heterocycles. The number of hydrogen-bond acceptors (Lipinski definition) is 2. The van der Waals surface area contributed by atoms with Gasteiger partial charge in [0.25, 0.3) is 0 Å². The van der Waals surface area contributed by atoms with Gasteiger partial charge in [-0.1, -0.05) is 13.3 Å². The number of aromatic nitrogens is 2. The lowest BCUT2D eigenvalue weighted by atomic mass is 9.49. The van der Waals surface area contributed by atoms with Gasteiger partial charge in [0.1, 0.15) is 5.82 Å². The van der Waals surface area contributed by atoms with Crippen LogP contribution in [0.5, 0.6) is 0 Å². The first kappa shape index (κ1) is 13.8. The number of rotatable bonds is 5. The van der Waals surface area contributed by atoms with E-state index in [4.69, 9.17) is 10.7 Å². The van der Waals surface area contributed by atoms with Crippen LogP contribution in [0.1, 0.15) is 75.7 Å². The largest absolute Gasteiger partial charge is 0.345 e. The van der Waals surface area contributed by atoms with E-state index in [1.165, 1.54) is 50.6 Å². The van der Waals surface area contributed by atoms with Gasteiger partial charge in [-0.05, 0) is 62.7 Å². The van der Waals surface area contributed by atoms with Crippen molar-refractivity contribution in [2.75, 3.05) is 6.54 Å². The van der Waals surface area contributed by atoms with Crippen LogP contribution in [0.25, 0.3) is 0 Å². The SMILES string of the molecule is CCCC(CN)c1ncc(C23CC4CC(CC(C4)C2)C3)[nH]1. The molecule has 1 unspecified atom stereocenters. The van der Waals surface area contributed by atoms with Crippen LogP contribution in [0.4, 0.5) is 0 Å². The van der Waals surface area contributed by atoms with E-state index in [2.05, 4.69) is 18.1 Å². The highest BCUT2D eigenvalue weighted by molar-refractivity contribution is 5.23. The Morgan fingerprint density at radius 1 is 1.24 bits per heavy atom. The summed E-state index contributed by atoms with van der Waals surface area (Å²) >= 11 is 0. The second-order valence-electron chi connectivity index (χ2n) is 8.10. The molecule has 21 heavy (non-hydrogen) atoms. The van der Waals surface area contributed by atoms with E-state index < -0.39 is 0 Å². The molecule has 0 radical (unpaired) electrons. The summed E-state index contributed by atoms with van der Waals surface area (Å²) < 4.78 is 0. The van der Waals surface area contributed by atoms with Crippen molar-refractivity contribution in [1.82, 2.24) is 9.97 Å². The lowest BCUT2D eigenvalue weighted by Crippen LogP contribution is -2.48. The maximum absolute atomic E-state index is 5.95. The Morgan fingerprint density at radius 2 is 1.86 bits per heavy atom. The molecule has 3 nitrogen and oxygen atoms in total. The van der Waals surface area contributed by atoms with Gasteiger partial charge in [-0.15, -0.1) is 0 Å². The highest BCUT2D eigenvalue weighted by atomic mass is 14.9. The normalized spacial score (nSPS) is 38.9. The molecule has 0 spiro atoms. The molecule has 4 fully saturated rings. The average Bonchev–Trinajstić information content (AvgIpc) is 2.93. The number of nitrogens with one attached hydrogen (secondary N) is 1. The van der Waals surface area contributed by atoms with E-state index in [9.17, 15) is 0 Å². The third-order valence-electron chi connectivity index (χ3n) is 6.51. The van der Waals surface area contributed by atoms with E-state index in [1.807, 2.05) is 0 Å². The highest BCUT2D eigenvalue weighted by Crippen LogP contribution is 2.60. The minimum Gasteiger partial charge on any atom is -0.345 e. The molecule has 0 aliphatic heterocycles. The van der Waals surface area contributed by atoms with E-state index in [0.29, 0.717) is 17.9 Å². The number of nitrogens with two attached hydrogens (primary N) is 1. The summed E-state index contributed by atoms with van der Waals surface area (Å²) in [6.45, 7) is 2.94. The summed E-state index contributed by atoms with van der Waals surface area (Å²) in [5.41, 5.74) is 7.82. The van der Waals surface area contributed by atoms with E-state index in [0.717, 1.165) is 30.0 Å². The molecule has 1 aromatic heterocycles. The van der Waals surface area contributed by atoms with Crippen LogP contribution in [0.2, 0.25) is 0 Å². The number of H-pyrrole nitrogens is 1. The second kappa shape index (κ2) is 5.12. The minimum atomic E-state index is 0.415. The molecular weight excluding hydrogens is 258 g/mol. The van der Waals surface area contributed by atoms with E-state index >= 15 is 0 Å². The zero-order valence-corrected chi connectivity index (χ0v) is 13.3. The minimum absolute atomic E-state index is 0.415. The number of aromatic amines is 1. The summed E-state index contributed by atoms with van der Waals surface area (Å²) in [5.74, 6) is 4.53. The smallest absolute Gasteiger partial charge is 0.110 e. The molecular formula is C18H29N3. The summed E-state index contributed by atoms with van der Waals surface area (Å²) in [7, 11) is 0. The van der Waals surface area contributed by atoms with Crippen LogP contribution in [0, 0.1) is 17.8 Å². The molecule has 4 saturated carbocycles. The monoisotopic (exact) mass is 287 g/mol. The fourth-order valence-corrected chi connectivity index (χ4v) is 5.97. The van der Waals surface area contributed by atoms with Gasteiger partial charge in [-0.2, -0.15) is 0 Å². The zero-order chi connectivity index (χ0) is 14.4. The van der Waals surface area contributed by atoms with Crippen LogP contribution in [-0.2, 0) is 5.41 Å². The standard InChI is InChI=1S/C18H29N3/c1-2-3-15(10-19)17-20-11-16(21-17)18-7-12-4-13(8-18)6-14(5-12)9-18/h11-15H,2-10,19H2,1H3,(H,20,21). The first-order valence-electron chi connectivity index (χ1n) is 8.98. The summed E-state index contributed by atoms with van der Waals surface area (Å²) in [5, 5.41) is 0. The van der Waals surface area contributed by atoms with Gasteiger partial charge in [0.2, 0.25) is 0 Å². The molecule has 0 aromatic carbocycles. The summed E-state index contributed by atoms with van der Waals surface area (Å²) in [4.78, 5) is 8.44. The molecule has 1 aromatic rings. The van der Waals surface area contributed by atoms with Gasteiger partial charge in [0, 0.05) is 29.8 Å². The maximum Gasteiger partial charge on any atom is 0.110 e. The van der Waals surface area contributed by atoms with Crippen molar-refractivity contribution in [1.29, 1.82) is 0 Å². The number of nitrogens with zero attached hydrogens (tertiary/aromatic N) is 1. The second-order valence-corrected chi connectivity index (χ2v) is 8.10. The Kier molecular flexibility index (Phi) is 3.36. The molecule has 3 N–H and O–H groups in total. The first-order valence-corrected chi connectivity index (χ1v) is 8.98. The average molecular weight is 287 g/mol. The fourth-order valence-electron chi connectivity index (χ4n) is 5.97. The van der Waals surface area contributed by atoms with Crippen LogP contribution < -0.4 is 5.73 Å². The zero-order valence-electron chi connectivity index (χ0n) is 13.3. The molecule has 5 rings (SSSR count). The lowest BCUT2D eigenvalue weighted by molar-refractivity contribution is -0.00707. The summed E-state index contributed by atoms with van der Waals surface area (Å²) in [6.07, 6.45) is 13.2. The van der Waals surface area contributed by atoms with Crippen molar-refractivity contribution in [3.8, 4) is 0 Å². The maximum atomic E-state index is 5.95. The summed E-state index contributed by atoms with van der Waals surface area (Å²) in [6, 6.07) is 0. The molecule has 3 heteroatoms. The quantitative estimate of drug-likeness (QED) is 0.867. The van der Waals surface area contributed by atoms with Gasteiger partial charge in [-0.25, -0.2) is 4.98 Å². The van der Waals surface area contributed by atoms with E-state index in [1.54, 1.807) is 0 Å². The first-order chi connectivity index (χ1) is 10.2. The molecule has 4 bridgehead atoms. The Balaban J connectivity index is 1.60. The molecule has 0 amide bonds. The van der Waals surface area contributed by atoms with Crippen LogP contribution in [0.3, 0.4) is 0 Å². The topological polar surface area (TPSA) is 54.7 Å². The van der Waals surface area contributed by atoms with Crippen LogP contribution >= 0.6 is 0 Å². The van der Waals surface area contributed by atoms with Crippen molar-refractivity contribution in [3.63, 3.8) is 0 Å². The molecule has 0 saturated heterocycles. The molecule has 4 aliphatic rings. The van der Waals surface area contributed by atoms with Crippen LogP contribution in [-0.4, -0.2) is 16.5 Å². The van der Waals surface area contributed by atoms with Crippen molar-refractivity contribution >= 4 is 0 Å². The van der Waals surface area contributed by atoms with Crippen molar-refractivity contribution < 1.29 is 0 Å². The molecule has 1 atom stereocenters. The predicted molar refractivity (Wildman–Crippen MR) is 85.1 cm³/mol. The number of imidazole rings is 1. The van der Waals surface area contributed by atoms with Crippen molar-refractivity contribution in [2.45, 2.75) is 69.6 Å². The molecule has 4 aliphatic carbocycles. The third kappa shape index (κ3) is 2.25. The van der Waals surface area contributed by atoms with Crippen LogP contribution in [0.15, 0.2) is 6.20 Å². The fraction of sp³-hybridized carbons (Fsp3) is 0.833. The Bertz CT molecular complexity index is 469. The van der Waals surface area contributed by atoms with Gasteiger partial charge in [-0.3, -0.25) is 0 Å². The Labute approximate surface area is 128 Å². The lowest BCUT2D eigenvalue weighted by Gasteiger charge is -2.56. The Morgan fingerprint density at radius 3 is 2.38 bits per heavy atom. The van der Waals surface area contributed by atoms with Gasteiger partial charge in [0.15, 0.2) is 0 Å².